The van der Waals surface area contributed by atoms with Gasteiger partial charge in [-0.25, -0.2) is 4.79 Å². The van der Waals surface area contributed by atoms with Crippen LogP contribution in [-0.4, -0.2) is 60.0 Å². The Kier molecular flexibility index (Phi) is 5.08. The van der Waals surface area contributed by atoms with Crippen molar-refractivity contribution >= 4 is 12.0 Å². The minimum Gasteiger partial charge on any atom is -0.481 e. The number of carbonyl (C=O) groups is 2. The number of hydrogen-bond acceptors (Lipinski definition) is 3. The van der Waals surface area contributed by atoms with Crippen LogP contribution in [0, 0.1) is 5.41 Å². The number of carbonyl (C=O) groups excluding carboxylic acids is 1. The molecule has 1 aliphatic heterocycles. The third-order valence-electron chi connectivity index (χ3n) is 3.48. The molecule has 1 saturated heterocycles. The van der Waals surface area contributed by atoms with Gasteiger partial charge in [0.1, 0.15) is 12.0 Å². The molecule has 2 N–H and O–H groups in total. The highest BCUT2D eigenvalue weighted by molar-refractivity contribution is 5.79. The van der Waals surface area contributed by atoms with Crippen molar-refractivity contribution in [1.29, 1.82) is 0 Å². The lowest BCUT2D eigenvalue weighted by molar-refractivity contribution is -0.149. The monoisotopic (exact) mass is 312 g/mol. The Labute approximate surface area is 120 Å². The van der Waals surface area contributed by atoms with E-state index in [0.29, 0.717) is 4.90 Å². The van der Waals surface area contributed by atoms with E-state index in [0.717, 1.165) is 0 Å². The van der Waals surface area contributed by atoms with Crippen LogP contribution in [0.5, 0.6) is 0 Å². The van der Waals surface area contributed by atoms with Gasteiger partial charge in [-0.3, -0.25) is 4.79 Å². The number of rotatable bonds is 4. The number of hydrogen-bond donors (Lipinski definition) is 2. The molecule has 0 spiro atoms. The maximum absolute atomic E-state index is 12.5. The van der Waals surface area contributed by atoms with E-state index in [2.05, 4.69) is 5.32 Å². The van der Waals surface area contributed by atoms with Gasteiger partial charge < -0.3 is 20.1 Å². The molecule has 0 aromatic rings. The molecule has 0 aliphatic carbocycles. The lowest BCUT2D eigenvalue weighted by Gasteiger charge is -2.32. The van der Waals surface area contributed by atoms with Gasteiger partial charge in [-0.05, 0) is 20.8 Å². The molecule has 9 heteroatoms. The fourth-order valence-corrected chi connectivity index (χ4v) is 2.00. The van der Waals surface area contributed by atoms with Gasteiger partial charge >= 0.3 is 18.2 Å². The first-order valence-electron chi connectivity index (χ1n) is 6.42. The van der Waals surface area contributed by atoms with Crippen molar-refractivity contribution in [3.05, 3.63) is 0 Å². The highest BCUT2D eigenvalue weighted by atomic mass is 19.4. The quantitative estimate of drug-likeness (QED) is 0.824. The molecule has 1 heterocycles. The van der Waals surface area contributed by atoms with E-state index in [1.807, 2.05) is 0 Å². The molecular formula is C12H19F3N2O4. The van der Waals surface area contributed by atoms with Gasteiger partial charge in [0.25, 0.3) is 0 Å². The minimum atomic E-state index is -4.52. The summed E-state index contributed by atoms with van der Waals surface area (Å²) in [5.41, 5.74) is -1.35. The van der Waals surface area contributed by atoms with E-state index in [4.69, 9.17) is 9.84 Å². The lowest BCUT2D eigenvalue weighted by Crippen LogP contribution is -2.56. The van der Waals surface area contributed by atoms with Gasteiger partial charge in [-0.1, -0.05) is 0 Å². The summed E-state index contributed by atoms with van der Waals surface area (Å²) in [6.07, 6.45) is -4.52. The predicted octanol–water partition coefficient (Wildman–Crippen LogP) is 1.46. The lowest BCUT2D eigenvalue weighted by atomic mass is 9.85. The fraction of sp³-hybridized carbons (Fsp3) is 0.833. The second kappa shape index (κ2) is 6.08. The van der Waals surface area contributed by atoms with Gasteiger partial charge in [0.2, 0.25) is 0 Å². The maximum Gasteiger partial charge on any atom is 0.406 e. The molecule has 21 heavy (non-hydrogen) atoms. The summed E-state index contributed by atoms with van der Waals surface area (Å²) in [6, 6.07) is -2.51. The minimum absolute atomic E-state index is 0.0491. The van der Waals surface area contributed by atoms with Crippen LogP contribution in [0.3, 0.4) is 0 Å². The first-order valence-corrected chi connectivity index (χ1v) is 6.42. The average Bonchev–Trinajstić information content (AvgIpc) is 2.68. The number of ether oxygens (including phenoxy) is 1. The van der Waals surface area contributed by atoms with Crippen LogP contribution >= 0.6 is 0 Å². The Morgan fingerprint density at radius 1 is 1.48 bits per heavy atom. The number of urea groups is 1. The molecular weight excluding hydrogens is 293 g/mol. The number of amides is 2. The zero-order valence-electron chi connectivity index (χ0n) is 12.0. The van der Waals surface area contributed by atoms with Gasteiger partial charge in [0.15, 0.2) is 0 Å². The fourth-order valence-electron chi connectivity index (χ4n) is 2.00. The summed E-state index contributed by atoms with van der Waals surface area (Å²) in [5.74, 6) is -1.17. The molecule has 0 bridgehead atoms. The Hall–Kier alpha value is -1.51. The van der Waals surface area contributed by atoms with Crippen molar-refractivity contribution in [3.63, 3.8) is 0 Å². The summed E-state index contributed by atoms with van der Waals surface area (Å²) >= 11 is 0. The van der Waals surface area contributed by atoms with Gasteiger partial charge in [0, 0.05) is 6.04 Å². The van der Waals surface area contributed by atoms with Crippen LogP contribution < -0.4 is 5.32 Å². The Morgan fingerprint density at radius 2 is 2.05 bits per heavy atom. The maximum atomic E-state index is 12.5. The van der Waals surface area contributed by atoms with Gasteiger partial charge in [0.05, 0.1) is 19.3 Å². The summed E-state index contributed by atoms with van der Waals surface area (Å²) in [7, 11) is 0. The topological polar surface area (TPSA) is 78.9 Å². The number of aliphatic carboxylic acids is 1. The second-order valence-corrected chi connectivity index (χ2v) is 5.58. The van der Waals surface area contributed by atoms with Crippen LogP contribution in [0.2, 0.25) is 0 Å². The van der Waals surface area contributed by atoms with Crippen molar-refractivity contribution in [1.82, 2.24) is 10.2 Å². The molecule has 0 aromatic carbocycles. The summed E-state index contributed by atoms with van der Waals surface area (Å²) in [4.78, 5) is 23.8. The Bertz CT molecular complexity index is 414. The highest BCUT2D eigenvalue weighted by Crippen LogP contribution is 2.29. The van der Waals surface area contributed by atoms with Crippen molar-refractivity contribution in [2.45, 2.75) is 39.0 Å². The van der Waals surface area contributed by atoms with Crippen molar-refractivity contribution in [2.24, 2.45) is 5.41 Å². The number of nitrogens with zero attached hydrogens (tertiary/aromatic N) is 1. The van der Waals surface area contributed by atoms with Gasteiger partial charge in [-0.2, -0.15) is 13.2 Å². The van der Waals surface area contributed by atoms with Crippen LogP contribution in [0.1, 0.15) is 20.8 Å². The molecule has 1 fully saturated rings. The molecule has 2 unspecified atom stereocenters. The number of alkyl halides is 3. The first-order chi connectivity index (χ1) is 9.47. The molecule has 122 valence electrons. The first kappa shape index (κ1) is 17.5. The highest BCUT2D eigenvalue weighted by Gasteiger charge is 2.48. The second-order valence-electron chi connectivity index (χ2n) is 5.58. The van der Waals surface area contributed by atoms with E-state index in [1.165, 1.54) is 20.8 Å². The molecule has 0 aromatic heterocycles. The number of carboxylic acid groups (broad SMARTS) is 1. The molecule has 6 nitrogen and oxygen atoms in total. The van der Waals surface area contributed by atoms with E-state index in [1.54, 1.807) is 0 Å². The Balaban J connectivity index is 2.80. The third kappa shape index (κ3) is 4.23. The number of carboxylic acids is 1. The summed E-state index contributed by atoms with van der Waals surface area (Å²) in [6.45, 7) is 2.74. The van der Waals surface area contributed by atoms with E-state index in [9.17, 15) is 22.8 Å². The smallest absolute Gasteiger partial charge is 0.406 e. The average molecular weight is 312 g/mol. The SMILES string of the molecule is CC(C)N(CC(F)(F)F)C(=O)NC1COCC1(C)C(=O)O. The zero-order chi connectivity index (χ0) is 16.4. The molecule has 2 amide bonds. The van der Waals surface area contributed by atoms with Crippen LogP contribution in [0.25, 0.3) is 0 Å². The largest absolute Gasteiger partial charge is 0.481 e. The molecule has 1 aliphatic rings. The summed E-state index contributed by atoms with van der Waals surface area (Å²) < 4.78 is 42.5. The zero-order valence-corrected chi connectivity index (χ0v) is 12.0. The van der Waals surface area contributed by atoms with Crippen molar-refractivity contribution in [3.8, 4) is 0 Å². The van der Waals surface area contributed by atoms with Crippen LogP contribution in [-0.2, 0) is 9.53 Å². The van der Waals surface area contributed by atoms with Crippen molar-refractivity contribution in [2.75, 3.05) is 19.8 Å². The molecule has 0 saturated carbocycles. The molecule has 1 rings (SSSR count). The number of halogens is 3. The normalized spacial score (nSPS) is 26.0. The van der Waals surface area contributed by atoms with E-state index >= 15 is 0 Å². The van der Waals surface area contributed by atoms with E-state index in [-0.39, 0.29) is 13.2 Å². The predicted molar refractivity (Wildman–Crippen MR) is 66.8 cm³/mol. The summed E-state index contributed by atoms with van der Waals surface area (Å²) in [5, 5.41) is 11.5. The number of nitrogens with one attached hydrogen (secondary N) is 1. The van der Waals surface area contributed by atoms with Crippen LogP contribution in [0.15, 0.2) is 0 Å². The van der Waals surface area contributed by atoms with E-state index < -0.39 is 42.2 Å². The van der Waals surface area contributed by atoms with Gasteiger partial charge in [-0.15, -0.1) is 0 Å². The molecule has 0 radical (unpaired) electrons. The van der Waals surface area contributed by atoms with Crippen LogP contribution in [0.4, 0.5) is 18.0 Å². The third-order valence-corrected chi connectivity index (χ3v) is 3.48. The molecule has 2 atom stereocenters. The van der Waals surface area contributed by atoms with Crippen molar-refractivity contribution < 1.29 is 32.6 Å². The Morgan fingerprint density at radius 3 is 2.48 bits per heavy atom. The standard InChI is InChI=1S/C12H19F3N2O4/c1-7(2)17(5-12(13,14)15)10(20)16-8-4-21-6-11(8,3)9(18)19/h7-8H,4-6H2,1-3H3,(H,16,20)(H,18,19).